The molecule has 0 spiro atoms. The van der Waals surface area contributed by atoms with Crippen molar-refractivity contribution in [2.75, 3.05) is 11.9 Å². The Morgan fingerprint density at radius 1 is 1.33 bits per heavy atom. The Labute approximate surface area is 126 Å². The van der Waals surface area contributed by atoms with E-state index in [-0.39, 0.29) is 0 Å². The van der Waals surface area contributed by atoms with Crippen LogP contribution in [-0.2, 0) is 4.74 Å². The molecule has 0 saturated heterocycles. The fourth-order valence-corrected chi connectivity index (χ4v) is 2.35. The van der Waals surface area contributed by atoms with Gasteiger partial charge in [-0.1, -0.05) is 11.3 Å². The van der Waals surface area contributed by atoms with Crippen molar-refractivity contribution in [3.63, 3.8) is 0 Å². The van der Waals surface area contributed by atoms with Gasteiger partial charge < -0.3 is 4.74 Å². The van der Waals surface area contributed by atoms with E-state index in [1.54, 1.807) is 34.0 Å². The van der Waals surface area contributed by atoms with E-state index in [1.165, 1.54) is 28.5 Å². The standard InChI is InChI=1S/C14H16FN3O2S/c1-14(2,3)20-13(19)18(4)11-8-17-12(21-11)9-5-10(15)7-16-6-9/h5-8H,1-4H3. The Balaban J connectivity index is 2.18. The molecule has 0 aliphatic rings. The third-order valence-corrected chi connectivity index (χ3v) is 3.57. The SMILES string of the molecule is CN(C(=O)OC(C)(C)C)c1cnc(-c2cncc(F)c2)s1. The molecule has 0 aliphatic carbocycles. The van der Waals surface area contributed by atoms with E-state index < -0.39 is 17.5 Å². The summed E-state index contributed by atoms with van der Waals surface area (Å²) in [5.74, 6) is -0.426. The van der Waals surface area contributed by atoms with Gasteiger partial charge in [-0.25, -0.2) is 14.2 Å². The molecule has 0 bridgehead atoms. The number of thiazole rings is 1. The number of rotatable bonds is 2. The quantitative estimate of drug-likeness (QED) is 0.848. The van der Waals surface area contributed by atoms with Crippen LogP contribution >= 0.6 is 11.3 Å². The Morgan fingerprint density at radius 3 is 2.67 bits per heavy atom. The van der Waals surface area contributed by atoms with Crippen LogP contribution in [0.3, 0.4) is 0 Å². The number of ether oxygens (including phenoxy) is 1. The summed E-state index contributed by atoms with van der Waals surface area (Å²) in [6.45, 7) is 5.40. The van der Waals surface area contributed by atoms with Gasteiger partial charge in [-0.2, -0.15) is 0 Å². The van der Waals surface area contributed by atoms with Gasteiger partial charge in [0.1, 0.15) is 21.4 Å². The van der Waals surface area contributed by atoms with E-state index in [0.717, 1.165) is 6.20 Å². The summed E-state index contributed by atoms with van der Waals surface area (Å²) in [5.41, 5.74) is 0.00885. The Hall–Kier alpha value is -2.02. The lowest BCUT2D eigenvalue weighted by Crippen LogP contribution is -2.33. The zero-order valence-corrected chi connectivity index (χ0v) is 13.1. The molecule has 2 aromatic heterocycles. The molecular weight excluding hydrogens is 293 g/mol. The summed E-state index contributed by atoms with van der Waals surface area (Å²) >= 11 is 1.26. The van der Waals surface area contributed by atoms with Crippen molar-refractivity contribution in [3.05, 3.63) is 30.5 Å². The highest BCUT2D eigenvalue weighted by Gasteiger charge is 2.22. The van der Waals surface area contributed by atoms with Crippen molar-refractivity contribution >= 4 is 22.4 Å². The molecule has 7 heteroatoms. The van der Waals surface area contributed by atoms with E-state index >= 15 is 0 Å². The first-order valence-electron chi connectivity index (χ1n) is 6.30. The fourth-order valence-electron chi connectivity index (χ4n) is 1.50. The number of anilines is 1. The highest BCUT2D eigenvalue weighted by molar-refractivity contribution is 7.19. The summed E-state index contributed by atoms with van der Waals surface area (Å²) in [7, 11) is 1.61. The van der Waals surface area contributed by atoms with Crippen LogP contribution in [0.25, 0.3) is 10.6 Å². The van der Waals surface area contributed by atoms with Gasteiger partial charge in [-0.15, -0.1) is 0 Å². The third-order valence-electron chi connectivity index (χ3n) is 2.44. The van der Waals surface area contributed by atoms with Gasteiger partial charge in [-0.3, -0.25) is 9.88 Å². The second kappa shape index (κ2) is 5.77. The van der Waals surface area contributed by atoms with Gasteiger partial charge in [0.05, 0.1) is 12.4 Å². The van der Waals surface area contributed by atoms with Crippen LogP contribution in [0, 0.1) is 5.82 Å². The van der Waals surface area contributed by atoms with Gasteiger partial charge in [-0.05, 0) is 26.8 Å². The number of carbonyl (C=O) groups is 1. The maximum absolute atomic E-state index is 13.2. The van der Waals surface area contributed by atoms with E-state index in [0.29, 0.717) is 15.6 Å². The first-order chi connectivity index (χ1) is 9.76. The maximum atomic E-state index is 13.2. The average Bonchev–Trinajstić information content (AvgIpc) is 2.85. The fraction of sp³-hybridized carbons (Fsp3) is 0.357. The van der Waals surface area contributed by atoms with Crippen molar-refractivity contribution in [1.29, 1.82) is 0 Å². The molecule has 2 heterocycles. The predicted octanol–water partition coefficient (Wildman–Crippen LogP) is 3.72. The van der Waals surface area contributed by atoms with Crippen molar-refractivity contribution in [3.8, 4) is 10.6 Å². The molecule has 21 heavy (non-hydrogen) atoms. The number of hydrogen-bond donors (Lipinski definition) is 0. The molecule has 0 atom stereocenters. The first-order valence-corrected chi connectivity index (χ1v) is 7.11. The molecule has 5 nitrogen and oxygen atoms in total. The molecule has 2 rings (SSSR count). The van der Waals surface area contributed by atoms with E-state index in [2.05, 4.69) is 9.97 Å². The van der Waals surface area contributed by atoms with Crippen LogP contribution in [-0.4, -0.2) is 28.7 Å². The second-order valence-electron chi connectivity index (χ2n) is 5.43. The molecule has 112 valence electrons. The van der Waals surface area contributed by atoms with Crippen LogP contribution in [0.4, 0.5) is 14.2 Å². The molecule has 0 saturated carbocycles. The molecule has 0 fully saturated rings. The van der Waals surface area contributed by atoms with Crippen LogP contribution in [0.1, 0.15) is 20.8 Å². The molecule has 0 aliphatic heterocycles. The minimum absolute atomic E-state index is 0.426. The predicted molar refractivity (Wildman–Crippen MR) is 79.9 cm³/mol. The van der Waals surface area contributed by atoms with Gasteiger partial charge in [0.15, 0.2) is 0 Å². The summed E-state index contributed by atoms with van der Waals surface area (Å²) in [5, 5.41) is 1.20. The number of carbonyl (C=O) groups excluding carboxylic acids is 1. The maximum Gasteiger partial charge on any atom is 0.415 e. The highest BCUT2D eigenvalue weighted by Crippen LogP contribution is 2.30. The number of nitrogens with zero attached hydrogens (tertiary/aromatic N) is 3. The van der Waals surface area contributed by atoms with Crippen LogP contribution < -0.4 is 4.90 Å². The topological polar surface area (TPSA) is 55.3 Å². The summed E-state index contributed by atoms with van der Waals surface area (Å²) in [4.78, 5) is 21.3. The molecule has 0 unspecified atom stereocenters. The third kappa shape index (κ3) is 3.98. The van der Waals surface area contributed by atoms with Crippen molar-refractivity contribution < 1.29 is 13.9 Å². The van der Waals surface area contributed by atoms with Gasteiger partial charge in [0.2, 0.25) is 0 Å². The van der Waals surface area contributed by atoms with E-state index in [4.69, 9.17) is 4.74 Å². The van der Waals surface area contributed by atoms with Crippen LogP contribution in [0.15, 0.2) is 24.7 Å². The monoisotopic (exact) mass is 309 g/mol. The largest absolute Gasteiger partial charge is 0.443 e. The lowest BCUT2D eigenvalue weighted by atomic mass is 10.2. The summed E-state index contributed by atoms with van der Waals surface area (Å²) in [6, 6.07) is 1.35. The van der Waals surface area contributed by atoms with Crippen LogP contribution in [0.2, 0.25) is 0 Å². The smallest absolute Gasteiger partial charge is 0.415 e. The zero-order chi connectivity index (χ0) is 15.6. The molecule has 0 N–H and O–H groups in total. The summed E-state index contributed by atoms with van der Waals surface area (Å²) < 4.78 is 18.4. The van der Waals surface area contributed by atoms with Crippen molar-refractivity contribution in [2.24, 2.45) is 0 Å². The number of aromatic nitrogens is 2. The molecule has 2 aromatic rings. The Kier molecular flexibility index (Phi) is 4.22. The van der Waals surface area contributed by atoms with Gasteiger partial charge >= 0.3 is 6.09 Å². The molecule has 0 radical (unpaired) electrons. The highest BCUT2D eigenvalue weighted by atomic mass is 32.1. The molecule has 1 amide bonds. The van der Waals surface area contributed by atoms with Gasteiger partial charge in [0, 0.05) is 18.8 Å². The Morgan fingerprint density at radius 2 is 2.05 bits per heavy atom. The number of hydrogen-bond acceptors (Lipinski definition) is 5. The van der Waals surface area contributed by atoms with Gasteiger partial charge in [0.25, 0.3) is 0 Å². The number of halogens is 1. The van der Waals surface area contributed by atoms with Crippen molar-refractivity contribution in [1.82, 2.24) is 9.97 Å². The zero-order valence-electron chi connectivity index (χ0n) is 12.3. The normalized spacial score (nSPS) is 11.3. The minimum Gasteiger partial charge on any atom is -0.443 e. The average molecular weight is 309 g/mol. The molecule has 0 aromatic carbocycles. The Bertz CT molecular complexity index is 652. The first kappa shape index (κ1) is 15.4. The van der Waals surface area contributed by atoms with E-state index in [9.17, 15) is 9.18 Å². The molecular formula is C14H16FN3O2S. The summed E-state index contributed by atoms with van der Waals surface area (Å²) in [6.07, 6.45) is 3.74. The second-order valence-corrected chi connectivity index (χ2v) is 6.44. The lowest BCUT2D eigenvalue weighted by Gasteiger charge is -2.23. The van der Waals surface area contributed by atoms with Crippen molar-refractivity contribution in [2.45, 2.75) is 26.4 Å². The minimum atomic E-state index is -0.564. The lowest BCUT2D eigenvalue weighted by molar-refractivity contribution is 0.0590. The van der Waals surface area contributed by atoms with E-state index in [1.807, 2.05) is 0 Å². The van der Waals surface area contributed by atoms with Crippen LogP contribution in [0.5, 0.6) is 0 Å². The number of pyridine rings is 1. The number of amides is 1.